The maximum absolute atomic E-state index is 12.9. The lowest BCUT2D eigenvalue weighted by molar-refractivity contribution is -0.123. The van der Waals surface area contributed by atoms with Crippen molar-refractivity contribution in [2.24, 2.45) is 0 Å². The summed E-state index contributed by atoms with van der Waals surface area (Å²) in [5, 5.41) is 5.33. The molecule has 1 unspecified atom stereocenters. The van der Waals surface area contributed by atoms with E-state index in [0.717, 1.165) is 5.56 Å². The van der Waals surface area contributed by atoms with Crippen LogP contribution in [0.25, 0.3) is 0 Å². The third-order valence-corrected chi connectivity index (χ3v) is 3.23. The van der Waals surface area contributed by atoms with Gasteiger partial charge in [0.05, 0.1) is 6.54 Å². The molecular weight excluding hydrogens is 273 g/mol. The molecule has 2 amide bonds. The van der Waals surface area contributed by atoms with E-state index >= 15 is 0 Å². The second-order valence-electron chi connectivity index (χ2n) is 4.98. The van der Waals surface area contributed by atoms with Crippen LogP contribution in [-0.4, -0.2) is 43.4 Å². The molecule has 0 radical (unpaired) electrons. The Kier molecular flexibility index (Phi) is 6.81. The third-order valence-electron chi connectivity index (χ3n) is 3.23. The zero-order chi connectivity index (χ0) is 15.8. The smallest absolute Gasteiger partial charge is 0.234 e. The fraction of sp³-hybridized carbons (Fsp3) is 0.467. The summed E-state index contributed by atoms with van der Waals surface area (Å²) in [5.74, 6) is -0.507. The molecule has 1 atom stereocenters. The second-order valence-corrected chi connectivity index (χ2v) is 4.98. The molecule has 0 fully saturated rings. The van der Waals surface area contributed by atoms with Gasteiger partial charge in [0.25, 0.3) is 0 Å². The highest BCUT2D eigenvalue weighted by Gasteiger charge is 2.14. The number of likely N-dealkylation sites (N-methyl/N-ethyl adjacent to an activating group) is 1. The monoisotopic (exact) mass is 295 g/mol. The van der Waals surface area contributed by atoms with Crippen molar-refractivity contribution in [1.82, 2.24) is 15.5 Å². The molecule has 1 aromatic carbocycles. The molecule has 2 N–H and O–H groups in total. The average Bonchev–Trinajstić information content (AvgIpc) is 2.43. The first kappa shape index (κ1) is 17.1. The predicted molar refractivity (Wildman–Crippen MR) is 79.1 cm³/mol. The van der Waals surface area contributed by atoms with Gasteiger partial charge >= 0.3 is 0 Å². The molecule has 0 saturated carbocycles. The molecule has 0 bridgehead atoms. The Morgan fingerprint density at radius 1 is 1.19 bits per heavy atom. The quantitative estimate of drug-likeness (QED) is 0.740. The summed E-state index contributed by atoms with van der Waals surface area (Å²) < 4.78 is 12.9. The van der Waals surface area contributed by atoms with Gasteiger partial charge in [-0.3, -0.25) is 14.5 Å². The number of carbonyl (C=O) groups excluding carboxylic acids is 2. The van der Waals surface area contributed by atoms with Crippen LogP contribution < -0.4 is 10.6 Å². The zero-order valence-corrected chi connectivity index (χ0v) is 12.6. The minimum absolute atomic E-state index is 0.00620. The van der Waals surface area contributed by atoms with Crippen molar-refractivity contribution in [2.45, 2.75) is 19.9 Å². The minimum Gasteiger partial charge on any atom is -0.355 e. The normalized spacial score (nSPS) is 12.0. The summed E-state index contributed by atoms with van der Waals surface area (Å²) >= 11 is 0. The Morgan fingerprint density at radius 3 is 2.33 bits per heavy atom. The number of nitrogens with zero attached hydrogens (tertiary/aromatic N) is 1. The zero-order valence-electron chi connectivity index (χ0n) is 12.6. The maximum atomic E-state index is 12.9. The Morgan fingerprint density at radius 2 is 1.76 bits per heavy atom. The van der Waals surface area contributed by atoms with Crippen molar-refractivity contribution < 1.29 is 14.0 Å². The van der Waals surface area contributed by atoms with Crippen molar-refractivity contribution in [3.63, 3.8) is 0 Å². The number of nitrogens with one attached hydrogen (secondary N) is 2. The molecule has 21 heavy (non-hydrogen) atoms. The van der Waals surface area contributed by atoms with Crippen molar-refractivity contribution >= 4 is 11.8 Å². The molecule has 0 aromatic heterocycles. The summed E-state index contributed by atoms with van der Waals surface area (Å²) in [4.78, 5) is 24.3. The predicted octanol–water partition coefficient (Wildman–Crippen LogP) is 1.07. The van der Waals surface area contributed by atoms with Crippen LogP contribution in [0, 0.1) is 5.82 Å². The third kappa shape index (κ3) is 6.35. The molecule has 1 rings (SSSR count). The summed E-state index contributed by atoms with van der Waals surface area (Å²) in [5.41, 5.74) is 0.949. The van der Waals surface area contributed by atoms with E-state index in [1.807, 2.05) is 18.9 Å². The van der Waals surface area contributed by atoms with E-state index in [1.54, 1.807) is 12.1 Å². The number of amides is 2. The Bertz CT molecular complexity index is 476. The second kappa shape index (κ2) is 8.36. The van der Waals surface area contributed by atoms with Gasteiger partial charge in [-0.1, -0.05) is 12.1 Å². The van der Waals surface area contributed by atoms with E-state index < -0.39 is 0 Å². The lowest BCUT2D eigenvalue weighted by atomic mass is 10.1. The van der Waals surface area contributed by atoms with E-state index in [4.69, 9.17) is 0 Å². The Labute approximate surface area is 124 Å². The molecule has 5 nitrogen and oxygen atoms in total. The van der Waals surface area contributed by atoms with Gasteiger partial charge in [0, 0.05) is 26.1 Å². The van der Waals surface area contributed by atoms with Crippen LogP contribution in [0.1, 0.15) is 25.5 Å². The summed E-state index contributed by atoms with van der Waals surface area (Å²) in [7, 11) is 1.83. The minimum atomic E-state index is -0.274. The summed E-state index contributed by atoms with van der Waals surface area (Å²) in [6.07, 6.45) is 0. The van der Waals surface area contributed by atoms with Crippen LogP contribution in [-0.2, 0) is 9.59 Å². The number of hydrogen-bond acceptors (Lipinski definition) is 3. The molecule has 1 aromatic rings. The van der Waals surface area contributed by atoms with Gasteiger partial charge in [0.2, 0.25) is 11.8 Å². The largest absolute Gasteiger partial charge is 0.355 e. The van der Waals surface area contributed by atoms with Crippen molar-refractivity contribution in [3.05, 3.63) is 35.6 Å². The summed E-state index contributed by atoms with van der Waals surface area (Å²) in [6.45, 7) is 4.44. The molecule has 0 saturated heterocycles. The van der Waals surface area contributed by atoms with Crippen LogP contribution in [0.4, 0.5) is 4.39 Å². The topological polar surface area (TPSA) is 61.4 Å². The highest BCUT2D eigenvalue weighted by Crippen LogP contribution is 2.18. The van der Waals surface area contributed by atoms with Crippen molar-refractivity contribution in [2.75, 3.05) is 26.7 Å². The molecule has 6 heteroatoms. The number of halogens is 1. The average molecular weight is 295 g/mol. The fourth-order valence-electron chi connectivity index (χ4n) is 1.86. The molecule has 0 aliphatic heterocycles. The first-order valence-electron chi connectivity index (χ1n) is 6.87. The van der Waals surface area contributed by atoms with Crippen LogP contribution in [0.15, 0.2) is 24.3 Å². The van der Waals surface area contributed by atoms with Gasteiger partial charge in [-0.25, -0.2) is 4.39 Å². The highest BCUT2D eigenvalue weighted by molar-refractivity contribution is 5.78. The molecule has 0 aliphatic carbocycles. The van der Waals surface area contributed by atoms with E-state index in [1.165, 1.54) is 19.1 Å². The fourth-order valence-corrected chi connectivity index (χ4v) is 1.86. The number of rotatable bonds is 7. The van der Waals surface area contributed by atoms with Gasteiger partial charge < -0.3 is 10.6 Å². The molecule has 0 aliphatic rings. The SMILES string of the molecule is CC(=O)NCCNC(=O)CN(C)C(C)c1ccc(F)cc1. The number of benzene rings is 1. The number of hydrogen-bond donors (Lipinski definition) is 2. The van der Waals surface area contributed by atoms with E-state index in [9.17, 15) is 14.0 Å². The molecule has 0 spiro atoms. The van der Waals surface area contributed by atoms with E-state index in [-0.39, 0.29) is 30.2 Å². The van der Waals surface area contributed by atoms with Crippen molar-refractivity contribution in [3.8, 4) is 0 Å². The standard InChI is InChI=1S/C15H22FN3O2/c1-11(13-4-6-14(16)7-5-13)19(3)10-15(21)18-9-8-17-12(2)20/h4-7,11H,8-10H2,1-3H3,(H,17,20)(H,18,21). The molecular formula is C15H22FN3O2. The first-order chi connectivity index (χ1) is 9.90. The van der Waals surface area contributed by atoms with E-state index in [0.29, 0.717) is 13.1 Å². The highest BCUT2D eigenvalue weighted by atomic mass is 19.1. The Hall–Kier alpha value is -1.95. The maximum Gasteiger partial charge on any atom is 0.234 e. The van der Waals surface area contributed by atoms with Gasteiger partial charge in [0.1, 0.15) is 5.82 Å². The first-order valence-corrected chi connectivity index (χ1v) is 6.87. The van der Waals surface area contributed by atoms with Gasteiger partial charge in [0.15, 0.2) is 0 Å². The lowest BCUT2D eigenvalue weighted by Crippen LogP contribution is -2.39. The summed E-state index contributed by atoms with van der Waals surface area (Å²) in [6, 6.07) is 6.25. The van der Waals surface area contributed by atoms with Gasteiger partial charge in [-0.05, 0) is 31.7 Å². The number of carbonyl (C=O) groups is 2. The van der Waals surface area contributed by atoms with Crippen molar-refractivity contribution in [1.29, 1.82) is 0 Å². The van der Waals surface area contributed by atoms with Crippen LogP contribution in [0.5, 0.6) is 0 Å². The Balaban J connectivity index is 2.37. The molecule has 116 valence electrons. The molecule has 0 heterocycles. The van der Waals surface area contributed by atoms with Gasteiger partial charge in [-0.2, -0.15) is 0 Å². The van der Waals surface area contributed by atoms with Crippen LogP contribution in [0.2, 0.25) is 0 Å². The van der Waals surface area contributed by atoms with E-state index in [2.05, 4.69) is 10.6 Å². The lowest BCUT2D eigenvalue weighted by Gasteiger charge is -2.24. The van der Waals surface area contributed by atoms with Gasteiger partial charge in [-0.15, -0.1) is 0 Å². The van der Waals surface area contributed by atoms with Crippen LogP contribution in [0.3, 0.4) is 0 Å². The van der Waals surface area contributed by atoms with Crippen LogP contribution >= 0.6 is 0 Å².